The molecule has 1 aliphatic carbocycles. The third-order valence-corrected chi connectivity index (χ3v) is 4.36. The molecule has 112 valence electrons. The number of hydrogen-bond acceptors (Lipinski definition) is 3. The number of hydrogen-bond donors (Lipinski definition) is 1. The summed E-state index contributed by atoms with van der Waals surface area (Å²) in [6.07, 6.45) is 3.59. The number of likely N-dealkylation sites (N-methyl/N-ethyl adjacent to an activating group) is 1. The Kier molecular flexibility index (Phi) is 5.44. The van der Waals surface area contributed by atoms with Crippen molar-refractivity contribution in [2.24, 2.45) is 5.92 Å². The first-order valence-corrected chi connectivity index (χ1v) is 7.69. The summed E-state index contributed by atoms with van der Waals surface area (Å²) in [6.45, 7) is 7.00. The van der Waals surface area contributed by atoms with Gasteiger partial charge in [0.2, 0.25) is 0 Å². The molecule has 1 aromatic carbocycles. The standard InChI is InChI=1S/C17H27NO2/c1-4-18(11-14-6-5-7-14)12-16(19)15-10-13(2)8-9-17(15)20-3/h8-10,14,16,19H,4-7,11-12H2,1-3H3. The maximum absolute atomic E-state index is 10.5. The van der Waals surface area contributed by atoms with Gasteiger partial charge in [-0.2, -0.15) is 0 Å². The number of ether oxygens (including phenoxy) is 1. The van der Waals surface area contributed by atoms with Gasteiger partial charge in [0.25, 0.3) is 0 Å². The fourth-order valence-corrected chi connectivity index (χ4v) is 2.83. The third kappa shape index (κ3) is 3.74. The predicted molar refractivity (Wildman–Crippen MR) is 82.1 cm³/mol. The lowest BCUT2D eigenvalue weighted by Gasteiger charge is -2.33. The van der Waals surface area contributed by atoms with Gasteiger partial charge in [0.1, 0.15) is 5.75 Å². The second-order valence-corrected chi connectivity index (χ2v) is 5.91. The minimum Gasteiger partial charge on any atom is -0.496 e. The second kappa shape index (κ2) is 7.09. The van der Waals surface area contributed by atoms with Gasteiger partial charge in [0.15, 0.2) is 0 Å². The lowest BCUT2D eigenvalue weighted by Crippen LogP contribution is -2.35. The Morgan fingerprint density at radius 3 is 2.70 bits per heavy atom. The molecule has 1 unspecified atom stereocenters. The molecule has 0 saturated heterocycles. The molecule has 1 aliphatic rings. The fraction of sp³-hybridized carbons (Fsp3) is 0.647. The topological polar surface area (TPSA) is 32.7 Å². The average molecular weight is 277 g/mol. The van der Waals surface area contributed by atoms with E-state index in [4.69, 9.17) is 4.74 Å². The van der Waals surface area contributed by atoms with Crippen molar-refractivity contribution >= 4 is 0 Å². The minimum absolute atomic E-state index is 0.482. The number of rotatable bonds is 7. The molecule has 0 heterocycles. The molecule has 0 spiro atoms. The van der Waals surface area contributed by atoms with Gasteiger partial charge in [-0.1, -0.05) is 25.0 Å². The maximum Gasteiger partial charge on any atom is 0.124 e. The van der Waals surface area contributed by atoms with E-state index in [1.165, 1.54) is 19.3 Å². The Bertz CT molecular complexity index is 429. The van der Waals surface area contributed by atoms with Crippen LogP contribution in [0.4, 0.5) is 0 Å². The molecule has 3 nitrogen and oxygen atoms in total. The van der Waals surface area contributed by atoms with Gasteiger partial charge in [-0.3, -0.25) is 0 Å². The molecular formula is C17H27NO2. The van der Waals surface area contributed by atoms with Crippen LogP contribution in [0, 0.1) is 12.8 Å². The molecule has 1 fully saturated rings. The molecule has 1 atom stereocenters. The van der Waals surface area contributed by atoms with Crippen molar-refractivity contribution in [1.29, 1.82) is 0 Å². The summed E-state index contributed by atoms with van der Waals surface area (Å²) >= 11 is 0. The van der Waals surface area contributed by atoms with Crippen LogP contribution in [0.3, 0.4) is 0 Å². The molecule has 1 N–H and O–H groups in total. The van der Waals surface area contributed by atoms with Crippen LogP contribution in [-0.4, -0.2) is 36.8 Å². The highest BCUT2D eigenvalue weighted by Crippen LogP contribution is 2.29. The van der Waals surface area contributed by atoms with E-state index in [0.717, 1.165) is 35.9 Å². The predicted octanol–water partition coefficient (Wildman–Crippen LogP) is 3.16. The Morgan fingerprint density at radius 2 is 2.15 bits per heavy atom. The number of benzene rings is 1. The molecule has 1 saturated carbocycles. The van der Waals surface area contributed by atoms with Gasteiger partial charge in [-0.05, 0) is 44.4 Å². The Hall–Kier alpha value is -1.06. The van der Waals surface area contributed by atoms with Crippen LogP contribution in [-0.2, 0) is 0 Å². The van der Waals surface area contributed by atoms with E-state index in [-0.39, 0.29) is 0 Å². The second-order valence-electron chi connectivity index (χ2n) is 5.91. The summed E-state index contributed by atoms with van der Waals surface area (Å²) in [6, 6.07) is 5.98. The summed E-state index contributed by atoms with van der Waals surface area (Å²) in [5.41, 5.74) is 2.06. The number of aryl methyl sites for hydroxylation is 1. The molecule has 1 aromatic rings. The molecule has 2 rings (SSSR count). The van der Waals surface area contributed by atoms with E-state index in [2.05, 4.69) is 11.8 Å². The lowest BCUT2D eigenvalue weighted by molar-refractivity contribution is 0.0923. The van der Waals surface area contributed by atoms with Gasteiger partial charge in [0, 0.05) is 18.7 Å². The van der Waals surface area contributed by atoms with Crippen LogP contribution in [0.25, 0.3) is 0 Å². The van der Waals surface area contributed by atoms with Crippen LogP contribution in [0.15, 0.2) is 18.2 Å². The summed E-state index contributed by atoms with van der Waals surface area (Å²) in [7, 11) is 1.66. The van der Waals surface area contributed by atoms with Crippen LogP contribution in [0.1, 0.15) is 43.4 Å². The lowest BCUT2D eigenvalue weighted by atomic mass is 9.85. The van der Waals surface area contributed by atoms with Crippen molar-refractivity contribution in [2.45, 2.75) is 39.2 Å². The van der Waals surface area contributed by atoms with E-state index in [0.29, 0.717) is 6.54 Å². The van der Waals surface area contributed by atoms with Crippen LogP contribution in [0.5, 0.6) is 5.75 Å². The average Bonchev–Trinajstić information content (AvgIpc) is 2.41. The van der Waals surface area contributed by atoms with E-state index in [1.54, 1.807) is 7.11 Å². The highest BCUT2D eigenvalue weighted by molar-refractivity contribution is 5.38. The molecule has 0 aliphatic heterocycles. The fourth-order valence-electron chi connectivity index (χ4n) is 2.83. The quantitative estimate of drug-likeness (QED) is 0.831. The first kappa shape index (κ1) is 15.3. The van der Waals surface area contributed by atoms with Crippen LogP contribution >= 0.6 is 0 Å². The molecule has 0 aromatic heterocycles. The molecule has 0 amide bonds. The van der Waals surface area contributed by atoms with Crippen LogP contribution in [0.2, 0.25) is 0 Å². The van der Waals surface area contributed by atoms with Gasteiger partial charge in [-0.15, -0.1) is 0 Å². The molecule has 0 bridgehead atoms. The highest BCUT2D eigenvalue weighted by Gasteiger charge is 2.22. The van der Waals surface area contributed by atoms with E-state index in [9.17, 15) is 5.11 Å². The number of aliphatic hydroxyl groups excluding tert-OH is 1. The minimum atomic E-state index is -0.482. The summed E-state index contributed by atoms with van der Waals surface area (Å²) < 4.78 is 5.37. The van der Waals surface area contributed by atoms with Crippen molar-refractivity contribution in [3.63, 3.8) is 0 Å². The largest absolute Gasteiger partial charge is 0.496 e. The van der Waals surface area contributed by atoms with Crippen molar-refractivity contribution in [1.82, 2.24) is 4.90 Å². The Balaban J connectivity index is 2.01. The van der Waals surface area contributed by atoms with E-state index < -0.39 is 6.10 Å². The summed E-state index contributed by atoms with van der Waals surface area (Å²) in [5.74, 6) is 1.62. The molecule has 3 heteroatoms. The van der Waals surface area contributed by atoms with Crippen molar-refractivity contribution in [2.75, 3.05) is 26.7 Å². The first-order valence-electron chi connectivity index (χ1n) is 7.69. The number of nitrogens with zero attached hydrogens (tertiary/aromatic N) is 1. The Labute approximate surface area is 122 Å². The van der Waals surface area contributed by atoms with E-state index in [1.807, 2.05) is 25.1 Å². The van der Waals surface area contributed by atoms with Crippen molar-refractivity contribution in [3.8, 4) is 5.75 Å². The zero-order valence-corrected chi connectivity index (χ0v) is 12.9. The number of aliphatic hydroxyl groups is 1. The van der Waals surface area contributed by atoms with Gasteiger partial charge in [-0.25, -0.2) is 0 Å². The zero-order valence-electron chi connectivity index (χ0n) is 12.9. The zero-order chi connectivity index (χ0) is 14.5. The van der Waals surface area contributed by atoms with E-state index >= 15 is 0 Å². The SMILES string of the molecule is CCN(CC1CCC1)CC(O)c1cc(C)ccc1OC. The van der Waals surface area contributed by atoms with Crippen molar-refractivity contribution in [3.05, 3.63) is 29.3 Å². The monoisotopic (exact) mass is 277 g/mol. The highest BCUT2D eigenvalue weighted by atomic mass is 16.5. The van der Waals surface area contributed by atoms with Gasteiger partial charge >= 0.3 is 0 Å². The molecule has 20 heavy (non-hydrogen) atoms. The third-order valence-electron chi connectivity index (χ3n) is 4.36. The summed E-state index contributed by atoms with van der Waals surface area (Å²) in [4.78, 5) is 2.36. The first-order chi connectivity index (χ1) is 9.63. The summed E-state index contributed by atoms with van der Waals surface area (Å²) in [5, 5.41) is 10.5. The normalized spacial score (nSPS) is 17.1. The van der Waals surface area contributed by atoms with Crippen LogP contribution < -0.4 is 4.74 Å². The van der Waals surface area contributed by atoms with Crippen molar-refractivity contribution < 1.29 is 9.84 Å². The number of methoxy groups -OCH3 is 1. The van der Waals surface area contributed by atoms with Gasteiger partial charge in [0.05, 0.1) is 13.2 Å². The molecule has 0 radical (unpaired) electrons. The molecular weight excluding hydrogens is 250 g/mol. The smallest absolute Gasteiger partial charge is 0.124 e. The Morgan fingerprint density at radius 1 is 1.40 bits per heavy atom. The maximum atomic E-state index is 10.5. The van der Waals surface area contributed by atoms with Gasteiger partial charge < -0.3 is 14.7 Å².